The minimum Gasteiger partial charge on any atom is -0.478 e. The average Bonchev–Trinajstić information content (AvgIpc) is 2.97. The van der Waals surface area contributed by atoms with Gasteiger partial charge in [0.05, 0.1) is 28.8 Å². The standard InChI is InChI=1S/C16H12N2O4/c19-16(20)9-5-10-7-21-8-22-14(10)11(6-9)15-17-12-3-1-2-4-13(12)18-15/h1-6H,7-8H2,(H,17,18)(H,19,20). The summed E-state index contributed by atoms with van der Waals surface area (Å²) in [4.78, 5) is 19.1. The van der Waals surface area contributed by atoms with E-state index in [9.17, 15) is 9.90 Å². The number of hydrogen-bond donors (Lipinski definition) is 2. The number of para-hydroxylation sites is 2. The summed E-state index contributed by atoms with van der Waals surface area (Å²) in [5.41, 5.74) is 3.23. The van der Waals surface area contributed by atoms with E-state index < -0.39 is 5.97 Å². The predicted octanol–water partition coefficient (Wildman–Crippen LogP) is 2.79. The smallest absolute Gasteiger partial charge is 0.335 e. The first-order valence-electron chi connectivity index (χ1n) is 6.78. The van der Waals surface area contributed by atoms with Crippen molar-refractivity contribution in [1.29, 1.82) is 0 Å². The van der Waals surface area contributed by atoms with E-state index in [1.807, 2.05) is 24.3 Å². The minimum absolute atomic E-state index is 0.145. The number of aromatic nitrogens is 2. The summed E-state index contributed by atoms with van der Waals surface area (Å²) < 4.78 is 10.8. The van der Waals surface area contributed by atoms with E-state index in [-0.39, 0.29) is 12.4 Å². The summed E-state index contributed by atoms with van der Waals surface area (Å²) in [6, 6.07) is 10.8. The average molecular weight is 296 g/mol. The zero-order valence-electron chi connectivity index (χ0n) is 11.5. The van der Waals surface area contributed by atoms with Crippen molar-refractivity contribution >= 4 is 17.0 Å². The number of carboxylic acids is 1. The number of H-pyrrole nitrogens is 1. The van der Waals surface area contributed by atoms with E-state index >= 15 is 0 Å². The highest BCUT2D eigenvalue weighted by Gasteiger charge is 2.21. The molecule has 2 heterocycles. The second-order valence-electron chi connectivity index (χ2n) is 5.03. The van der Waals surface area contributed by atoms with Crippen molar-refractivity contribution in [2.75, 3.05) is 6.79 Å². The Morgan fingerprint density at radius 1 is 1.27 bits per heavy atom. The number of imidazole rings is 1. The summed E-state index contributed by atoms with van der Waals surface area (Å²) >= 11 is 0. The van der Waals surface area contributed by atoms with Gasteiger partial charge in [0.25, 0.3) is 0 Å². The first-order chi connectivity index (χ1) is 10.7. The molecule has 0 aliphatic carbocycles. The number of nitrogens with zero attached hydrogens (tertiary/aromatic N) is 1. The highest BCUT2D eigenvalue weighted by Crippen LogP contribution is 2.36. The van der Waals surface area contributed by atoms with E-state index in [4.69, 9.17) is 9.47 Å². The molecule has 2 N–H and O–H groups in total. The Balaban J connectivity index is 1.96. The number of aromatic amines is 1. The number of ether oxygens (including phenoxy) is 2. The fourth-order valence-electron chi connectivity index (χ4n) is 2.60. The number of hydrogen-bond acceptors (Lipinski definition) is 4. The molecule has 0 spiro atoms. The minimum atomic E-state index is -0.995. The van der Waals surface area contributed by atoms with Crippen LogP contribution < -0.4 is 4.74 Å². The van der Waals surface area contributed by atoms with Crippen molar-refractivity contribution in [3.8, 4) is 17.1 Å². The predicted molar refractivity (Wildman–Crippen MR) is 78.8 cm³/mol. The van der Waals surface area contributed by atoms with Gasteiger partial charge < -0.3 is 19.6 Å². The maximum Gasteiger partial charge on any atom is 0.335 e. The summed E-state index contributed by atoms with van der Waals surface area (Å²) in [6.45, 7) is 0.469. The Labute approximate surface area is 125 Å². The molecule has 0 amide bonds. The van der Waals surface area contributed by atoms with Crippen LogP contribution in [0, 0.1) is 0 Å². The van der Waals surface area contributed by atoms with Crippen molar-refractivity contribution in [2.45, 2.75) is 6.61 Å². The topological polar surface area (TPSA) is 84.4 Å². The summed E-state index contributed by atoms with van der Waals surface area (Å²) in [5.74, 6) is 0.212. The Morgan fingerprint density at radius 2 is 2.14 bits per heavy atom. The Kier molecular flexibility index (Phi) is 2.83. The number of benzene rings is 2. The van der Waals surface area contributed by atoms with Gasteiger partial charge in [0.1, 0.15) is 11.6 Å². The molecule has 0 saturated carbocycles. The molecule has 0 unspecified atom stereocenters. The van der Waals surface area contributed by atoms with Gasteiger partial charge in [-0.3, -0.25) is 0 Å². The summed E-state index contributed by atoms with van der Waals surface area (Å²) in [7, 11) is 0. The fourth-order valence-corrected chi connectivity index (χ4v) is 2.60. The lowest BCUT2D eigenvalue weighted by Crippen LogP contribution is -2.13. The van der Waals surface area contributed by atoms with Crippen LogP contribution >= 0.6 is 0 Å². The van der Waals surface area contributed by atoms with Crippen LogP contribution in [0.25, 0.3) is 22.4 Å². The lowest BCUT2D eigenvalue weighted by atomic mass is 10.0. The molecule has 2 aromatic carbocycles. The SMILES string of the molecule is O=C(O)c1cc2c(c(-c3nc4ccccc4[nH]3)c1)OCOC2. The van der Waals surface area contributed by atoms with Crippen LogP contribution in [0.2, 0.25) is 0 Å². The number of aromatic carboxylic acids is 1. The van der Waals surface area contributed by atoms with Crippen LogP contribution in [-0.2, 0) is 11.3 Å². The van der Waals surface area contributed by atoms with Crippen molar-refractivity contribution in [1.82, 2.24) is 9.97 Å². The van der Waals surface area contributed by atoms with Gasteiger partial charge >= 0.3 is 5.97 Å². The number of carbonyl (C=O) groups is 1. The molecule has 0 bridgehead atoms. The normalized spacial score (nSPS) is 13.6. The quantitative estimate of drug-likeness (QED) is 0.759. The van der Waals surface area contributed by atoms with E-state index in [0.717, 1.165) is 11.0 Å². The lowest BCUT2D eigenvalue weighted by Gasteiger charge is -2.20. The van der Waals surface area contributed by atoms with Gasteiger partial charge in [0, 0.05) is 5.56 Å². The molecule has 3 aromatic rings. The molecule has 6 nitrogen and oxygen atoms in total. The van der Waals surface area contributed by atoms with Crippen LogP contribution in [0.15, 0.2) is 36.4 Å². The first-order valence-corrected chi connectivity index (χ1v) is 6.78. The van der Waals surface area contributed by atoms with Gasteiger partial charge in [-0.05, 0) is 24.3 Å². The first kappa shape index (κ1) is 12.8. The molecule has 110 valence electrons. The highest BCUT2D eigenvalue weighted by molar-refractivity contribution is 5.91. The van der Waals surface area contributed by atoms with Gasteiger partial charge in [0.2, 0.25) is 0 Å². The van der Waals surface area contributed by atoms with Crippen LogP contribution in [-0.4, -0.2) is 27.8 Å². The highest BCUT2D eigenvalue weighted by atomic mass is 16.7. The molecule has 0 radical (unpaired) electrons. The second-order valence-corrected chi connectivity index (χ2v) is 5.03. The van der Waals surface area contributed by atoms with Gasteiger partial charge in [-0.15, -0.1) is 0 Å². The molecular formula is C16H12N2O4. The van der Waals surface area contributed by atoms with Crippen LogP contribution in [0.3, 0.4) is 0 Å². The number of carboxylic acid groups (broad SMARTS) is 1. The third-order valence-corrected chi connectivity index (χ3v) is 3.60. The van der Waals surface area contributed by atoms with E-state index in [0.29, 0.717) is 29.3 Å². The maximum absolute atomic E-state index is 11.3. The molecule has 6 heteroatoms. The van der Waals surface area contributed by atoms with E-state index in [1.54, 1.807) is 12.1 Å². The molecule has 4 rings (SSSR count). The molecule has 0 fully saturated rings. The molecule has 1 aliphatic heterocycles. The summed E-state index contributed by atoms with van der Waals surface area (Å²) in [5, 5.41) is 9.29. The molecule has 1 aromatic heterocycles. The Bertz CT molecular complexity index is 852. The van der Waals surface area contributed by atoms with Crippen LogP contribution in [0.1, 0.15) is 15.9 Å². The summed E-state index contributed by atoms with van der Waals surface area (Å²) in [6.07, 6.45) is 0. The van der Waals surface area contributed by atoms with Gasteiger partial charge in [-0.1, -0.05) is 12.1 Å². The zero-order chi connectivity index (χ0) is 15.1. The number of nitrogens with one attached hydrogen (secondary N) is 1. The van der Waals surface area contributed by atoms with Crippen molar-refractivity contribution in [2.24, 2.45) is 0 Å². The van der Waals surface area contributed by atoms with Crippen LogP contribution in [0.5, 0.6) is 5.75 Å². The maximum atomic E-state index is 11.3. The molecule has 0 saturated heterocycles. The number of fused-ring (bicyclic) bond motifs is 2. The molecule has 22 heavy (non-hydrogen) atoms. The van der Waals surface area contributed by atoms with Gasteiger partial charge in [0.15, 0.2) is 6.79 Å². The Hall–Kier alpha value is -2.86. The molecule has 1 aliphatic rings. The van der Waals surface area contributed by atoms with Crippen molar-refractivity contribution < 1.29 is 19.4 Å². The van der Waals surface area contributed by atoms with Crippen molar-refractivity contribution in [3.05, 3.63) is 47.5 Å². The Morgan fingerprint density at radius 3 is 2.95 bits per heavy atom. The monoisotopic (exact) mass is 296 g/mol. The number of rotatable bonds is 2. The largest absolute Gasteiger partial charge is 0.478 e. The fraction of sp³-hybridized carbons (Fsp3) is 0.125. The second kappa shape index (κ2) is 4.85. The third kappa shape index (κ3) is 2.01. The van der Waals surface area contributed by atoms with Crippen LogP contribution in [0.4, 0.5) is 0 Å². The van der Waals surface area contributed by atoms with Gasteiger partial charge in [-0.2, -0.15) is 0 Å². The lowest BCUT2D eigenvalue weighted by molar-refractivity contribution is -0.0160. The molecule has 0 atom stereocenters. The zero-order valence-corrected chi connectivity index (χ0v) is 11.5. The van der Waals surface area contributed by atoms with E-state index in [2.05, 4.69) is 9.97 Å². The van der Waals surface area contributed by atoms with Gasteiger partial charge in [-0.25, -0.2) is 9.78 Å². The molecular weight excluding hydrogens is 284 g/mol. The van der Waals surface area contributed by atoms with E-state index in [1.165, 1.54) is 0 Å². The third-order valence-electron chi connectivity index (χ3n) is 3.60. The van der Waals surface area contributed by atoms with Crippen molar-refractivity contribution in [3.63, 3.8) is 0 Å².